The maximum Gasteiger partial charge on any atom is 0.244 e. The lowest BCUT2D eigenvalue weighted by atomic mass is 10.1. The van der Waals surface area contributed by atoms with E-state index >= 15 is 0 Å². The number of benzene rings is 2. The zero-order valence-electron chi connectivity index (χ0n) is 13.9. The molecule has 0 saturated heterocycles. The Hall–Kier alpha value is -2.12. The topological polar surface area (TPSA) is 75.3 Å². The molecule has 2 rings (SSSR count). The lowest BCUT2D eigenvalue weighted by Gasteiger charge is -2.14. The molecule has 0 radical (unpaired) electrons. The molecule has 0 saturated carbocycles. The predicted molar refractivity (Wildman–Crippen MR) is 105 cm³/mol. The summed E-state index contributed by atoms with van der Waals surface area (Å²) in [5.41, 5.74) is 2.28. The summed E-state index contributed by atoms with van der Waals surface area (Å²) in [7, 11) is -3.30. The molecular formula is C18H19BrN2O3S. The predicted octanol–water partition coefficient (Wildman–Crippen LogP) is 3.71. The van der Waals surface area contributed by atoms with Crippen molar-refractivity contribution in [3.63, 3.8) is 0 Å². The van der Waals surface area contributed by atoms with Gasteiger partial charge in [0.15, 0.2) is 0 Å². The number of anilines is 1. The van der Waals surface area contributed by atoms with Crippen molar-refractivity contribution in [2.24, 2.45) is 0 Å². The summed E-state index contributed by atoms with van der Waals surface area (Å²) in [6, 6.07) is 14.3. The van der Waals surface area contributed by atoms with Crippen molar-refractivity contribution >= 4 is 43.6 Å². The van der Waals surface area contributed by atoms with E-state index in [9.17, 15) is 13.2 Å². The van der Waals surface area contributed by atoms with Crippen LogP contribution in [0.25, 0.3) is 6.08 Å². The van der Waals surface area contributed by atoms with E-state index < -0.39 is 10.0 Å². The fraction of sp³-hybridized carbons (Fsp3) is 0.167. The van der Waals surface area contributed by atoms with Crippen molar-refractivity contribution in [1.29, 1.82) is 0 Å². The van der Waals surface area contributed by atoms with Crippen molar-refractivity contribution < 1.29 is 13.2 Å². The average molecular weight is 423 g/mol. The molecule has 0 aromatic heterocycles. The van der Waals surface area contributed by atoms with Crippen LogP contribution in [-0.2, 0) is 14.8 Å². The van der Waals surface area contributed by atoms with Gasteiger partial charge in [0, 0.05) is 16.2 Å². The van der Waals surface area contributed by atoms with Gasteiger partial charge in [-0.25, -0.2) is 8.42 Å². The Labute approximate surface area is 156 Å². The lowest BCUT2D eigenvalue weighted by molar-refractivity contribution is -0.117. The Kier molecular flexibility index (Phi) is 6.39. The van der Waals surface area contributed by atoms with Crippen molar-refractivity contribution in [2.75, 3.05) is 11.0 Å². The van der Waals surface area contributed by atoms with Gasteiger partial charge in [-0.2, -0.15) is 0 Å². The standard InChI is InChI=1S/C18H19BrN2O3S/c1-13(14-7-10-16(11-8-14)21-25(2,23)24)20-18(22)12-9-15-5-3-4-6-17(15)19/h3-13,21H,1-2H3,(H,20,22)/b12-9+. The Morgan fingerprint density at radius 2 is 1.76 bits per heavy atom. The number of nitrogens with one attached hydrogen (secondary N) is 2. The summed E-state index contributed by atoms with van der Waals surface area (Å²) in [6.07, 6.45) is 4.32. The molecule has 7 heteroatoms. The van der Waals surface area contributed by atoms with E-state index in [0.717, 1.165) is 21.9 Å². The SMILES string of the molecule is CC(NC(=O)/C=C/c1ccccc1Br)c1ccc(NS(C)(=O)=O)cc1. The molecule has 2 N–H and O–H groups in total. The molecule has 132 valence electrons. The summed E-state index contributed by atoms with van der Waals surface area (Å²) in [6.45, 7) is 1.86. The van der Waals surface area contributed by atoms with Crippen LogP contribution in [0.15, 0.2) is 59.1 Å². The Bertz CT molecular complexity index is 877. The molecule has 0 bridgehead atoms. The zero-order chi connectivity index (χ0) is 18.4. The van der Waals surface area contributed by atoms with E-state index in [1.165, 1.54) is 6.08 Å². The fourth-order valence-electron chi connectivity index (χ4n) is 2.17. The van der Waals surface area contributed by atoms with Gasteiger partial charge >= 0.3 is 0 Å². The molecular weight excluding hydrogens is 404 g/mol. The molecule has 2 aromatic rings. The highest BCUT2D eigenvalue weighted by Gasteiger charge is 2.08. The molecule has 0 heterocycles. The highest BCUT2D eigenvalue weighted by molar-refractivity contribution is 9.10. The van der Waals surface area contributed by atoms with Gasteiger partial charge in [0.2, 0.25) is 15.9 Å². The molecule has 25 heavy (non-hydrogen) atoms. The van der Waals surface area contributed by atoms with Crippen LogP contribution in [0, 0.1) is 0 Å². The number of hydrogen-bond donors (Lipinski definition) is 2. The fourth-order valence-corrected chi connectivity index (χ4v) is 3.16. The largest absolute Gasteiger partial charge is 0.346 e. The third-order valence-electron chi connectivity index (χ3n) is 3.39. The monoisotopic (exact) mass is 422 g/mol. The first kappa shape index (κ1) is 19.2. The second kappa shape index (κ2) is 8.31. The molecule has 0 spiro atoms. The molecule has 1 amide bonds. The second-order valence-electron chi connectivity index (χ2n) is 5.58. The van der Waals surface area contributed by atoms with Gasteiger partial charge in [0.25, 0.3) is 0 Å². The third kappa shape index (κ3) is 6.36. The number of halogens is 1. The average Bonchev–Trinajstić information content (AvgIpc) is 2.53. The number of hydrogen-bond acceptors (Lipinski definition) is 3. The van der Waals surface area contributed by atoms with Crippen LogP contribution in [-0.4, -0.2) is 20.6 Å². The molecule has 1 unspecified atom stereocenters. The van der Waals surface area contributed by atoms with Crippen LogP contribution in [0.5, 0.6) is 0 Å². The molecule has 2 aromatic carbocycles. The van der Waals surface area contributed by atoms with Gasteiger partial charge < -0.3 is 5.32 Å². The summed E-state index contributed by atoms with van der Waals surface area (Å²) in [4.78, 5) is 12.1. The van der Waals surface area contributed by atoms with Crippen LogP contribution in [0.2, 0.25) is 0 Å². The highest BCUT2D eigenvalue weighted by atomic mass is 79.9. The smallest absolute Gasteiger partial charge is 0.244 e. The van der Waals surface area contributed by atoms with Crippen molar-refractivity contribution in [3.05, 3.63) is 70.2 Å². The quantitative estimate of drug-likeness (QED) is 0.696. The first-order chi connectivity index (χ1) is 11.7. The molecule has 0 aliphatic carbocycles. The van der Waals surface area contributed by atoms with Gasteiger partial charge in [-0.05, 0) is 42.3 Å². The first-order valence-electron chi connectivity index (χ1n) is 7.55. The Morgan fingerprint density at radius 3 is 2.36 bits per heavy atom. The van der Waals surface area contributed by atoms with Crippen LogP contribution in [0.3, 0.4) is 0 Å². The molecule has 5 nitrogen and oxygen atoms in total. The van der Waals surface area contributed by atoms with Crippen LogP contribution in [0.4, 0.5) is 5.69 Å². The Morgan fingerprint density at radius 1 is 1.12 bits per heavy atom. The van der Waals surface area contributed by atoms with E-state index in [1.54, 1.807) is 30.3 Å². The van der Waals surface area contributed by atoms with Crippen molar-refractivity contribution in [2.45, 2.75) is 13.0 Å². The number of rotatable bonds is 6. The van der Waals surface area contributed by atoms with Crippen molar-refractivity contribution in [1.82, 2.24) is 5.32 Å². The normalized spacial score (nSPS) is 12.8. The summed E-state index contributed by atoms with van der Waals surface area (Å²) < 4.78 is 25.7. The van der Waals surface area contributed by atoms with Crippen LogP contribution >= 0.6 is 15.9 Å². The Balaban J connectivity index is 1.98. The number of carbonyl (C=O) groups is 1. The van der Waals surface area contributed by atoms with Gasteiger partial charge in [0.05, 0.1) is 12.3 Å². The number of amides is 1. The number of sulfonamides is 1. The van der Waals surface area contributed by atoms with E-state index in [1.807, 2.05) is 31.2 Å². The van der Waals surface area contributed by atoms with Crippen LogP contribution in [0.1, 0.15) is 24.1 Å². The molecule has 1 atom stereocenters. The summed E-state index contributed by atoms with van der Waals surface area (Å²) in [5.74, 6) is -0.207. The van der Waals surface area contributed by atoms with Gasteiger partial charge in [-0.3, -0.25) is 9.52 Å². The minimum atomic E-state index is -3.30. The molecule has 0 aliphatic rings. The van der Waals surface area contributed by atoms with E-state index in [0.29, 0.717) is 5.69 Å². The second-order valence-corrected chi connectivity index (χ2v) is 8.18. The van der Waals surface area contributed by atoms with Crippen molar-refractivity contribution in [3.8, 4) is 0 Å². The third-order valence-corrected chi connectivity index (χ3v) is 4.72. The zero-order valence-corrected chi connectivity index (χ0v) is 16.3. The maximum absolute atomic E-state index is 12.1. The maximum atomic E-state index is 12.1. The number of carbonyl (C=O) groups excluding carboxylic acids is 1. The summed E-state index contributed by atoms with van der Waals surface area (Å²) in [5, 5.41) is 2.87. The highest BCUT2D eigenvalue weighted by Crippen LogP contribution is 2.18. The van der Waals surface area contributed by atoms with E-state index in [4.69, 9.17) is 0 Å². The van der Waals surface area contributed by atoms with Gasteiger partial charge in [-0.1, -0.05) is 46.3 Å². The minimum Gasteiger partial charge on any atom is -0.346 e. The van der Waals surface area contributed by atoms with E-state index in [-0.39, 0.29) is 11.9 Å². The van der Waals surface area contributed by atoms with Gasteiger partial charge in [0.1, 0.15) is 0 Å². The van der Waals surface area contributed by atoms with E-state index in [2.05, 4.69) is 26.0 Å². The minimum absolute atomic E-state index is 0.205. The van der Waals surface area contributed by atoms with Crippen LogP contribution < -0.4 is 10.0 Å². The summed E-state index contributed by atoms with van der Waals surface area (Å²) >= 11 is 3.43. The lowest BCUT2D eigenvalue weighted by Crippen LogP contribution is -2.24. The molecule has 0 fully saturated rings. The van der Waals surface area contributed by atoms with Gasteiger partial charge in [-0.15, -0.1) is 0 Å². The molecule has 0 aliphatic heterocycles. The first-order valence-corrected chi connectivity index (χ1v) is 10.2.